The number of hydrogen-bond donors (Lipinski definition) is 3. The van der Waals surface area contributed by atoms with Gasteiger partial charge in [0.1, 0.15) is 6.54 Å². The van der Waals surface area contributed by atoms with Crippen molar-refractivity contribution < 1.29 is 22.8 Å². The minimum atomic E-state index is -4.51. The summed E-state index contributed by atoms with van der Waals surface area (Å²) in [6.07, 6.45) is -3.80. The summed E-state index contributed by atoms with van der Waals surface area (Å²) in [6, 6.07) is -1.75. The van der Waals surface area contributed by atoms with Crippen LogP contribution in [0.2, 0.25) is 0 Å². The molecule has 0 aromatic carbocycles. The van der Waals surface area contributed by atoms with E-state index >= 15 is 0 Å². The first-order chi connectivity index (χ1) is 9.92. The number of imide groups is 1. The number of nitrogens with zero attached hydrogens (tertiary/aromatic N) is 1. The molecule has 4 N–H and O–H groups in total. The van der Waals surface area contributed by atoms with Gasteiger partial charge in [-0.1, -0.05) is 13.8 Å². The van der Waals surface area contributed by atoms with Gasteiger partial charge in [0.2, 0.25) is 5.91 Å². The maximum atomic E-state index is 12.0. The fourth-order valence-electron chi connectivity index (χ4n) is 2.35. The maximum absolute atomic E-state index is 12.0. The van der Waals surface area contributed by atoms with E-state index in [0.717, 1.165) is 0 Å². The quantitative estimate of drug-likeness (QED) is 0.706. The number of carbonyl (C=O) groups is 2. The van der Waals surface area contributed by atoms with Crippen LogP contribution in [0.3, 0.4) is 0 Å². The summed E-state index contributed by atoms with van der Waals surface area (Å²) in [7, 11) is 0. The van der Waals surface area contributed by atoms with E-state index in [1.54, 1.807) is 12.2 Å². The molecule has 0 aliphatic carbocycles. The monoisotopic (exact) mass is 360 g/mol. The van der Waals surface area contributed by atoms with Crippen molar-refractivity contribution in [3.63, 3.8) is 0 Å². The van der Waals surface area contributed by atoms with Gasteiger partial charge in [0, 0.05) is 19.1 Å². The van der Waals surface area contributed by atoms with Crippen molar-refractivity contribution >= 4 is 24.3 Å². The molecule has 1 aliphatic rings. The van der Waals surface area contributed by atoms with Crippen LogP contribution in [0.25, 0.3) is 0 Å². The lowest BCUT2D eigenvalue weighted by atomic mass is 9.79. The highest BCUT2D eigenvalue weighted by atomic mass is 35.5. The minimum absolute atomic E-state index is 0. The summed E-state index contributed by atoms with van der Waals surface area (Å²) in [4.78, 5) is 25.1. The van der Waals surface area contributed by atoms with Gasteiger partial charge in [-0.05, 0) is 18.8 Å². The second-order valence-electron chi connectivity index (χ2n) is 6.32. The Balaban J connectivity index is 0.00000484. The smallest absolute Gasteiger partial charge is 0.329 e. The number of likely N-dealkylation sites (tertiary alicyclic amines) is 1. The molecule has 2 unspecified atom stereocenters. The van der Waals surface area contributed by atoms with E-state index in [4.69, 9.17) is 5.73 Å². The molecule has 0 aromatic heterocycles. The molecule has 0 saturated carbocycles. The summed E-state index contributed by atoms with van der Waals surface area (Å²) in [6.45, 7) is 5.29. The largest absolute Gasteiger partial charge is 0.405 e. The average Bonchev–Trinajstić information content (AvgIpc) is 2.37. The Labute approximate surface area is 139 Å². The Kier molecular flexibility index (Phi) is 7.79. The van der Waals surface area contributed by atoms with E-state index < -0.39 is 30.7 Å². The zero-order valence-electron chi connectivity index (χ0n) is 13.4. The first kappa shape index (κ1) is 21.9. The molecular formula is C13H24ClF3N4O2. The van der Waals surface area contributed by atoms with Crippen molar-refractivity contribution in [1.82, 2.24) is 15.5 Å². The minimum Gasteiger partial charge on any atom is -0.329 e. The summed E-state index contributed by atoms with van der Waals surface area (Å²) in [5.41, 5.74) is 5.84. The predicted octanol–water partition coefficient (Wildman–Crippen LogP) is 1.24. The molecule has 1 heterocycles. The van der Waals surface area contributed by atoms with Gasteiger partial charge in [0.25, 0.3) is 0 Å². The zero-order chi connectivity index (χ0) is 17.1. The van der Waals surface area contributed by atoms with Crippen molar-refractivity contribution in [2.24, 2.45) is 11.1 Å². The van der Waals surface area contributed by atoms with Crippen molar-refractivity contribution in [2.75, 3.05) is 19.6 Å². The van der Waals surface area contributed by atoms with Gasteiger partial charge < -0.3 is 11.1 Å². The van der Waals surface area contributed by atoms with Crippen LogP contribution in [0.15, 0.2) is 0 Å². The highest BCUT2D eigenvalue weighted by Crippen LogP contribution is 2.28. The Morgan fingerprint density at radius 1 is 1.39 bits per heavy atom. The van der Waals surface area contributed by atoms with Crippen LogP contribution in [-0.2, 0) is 4.79 Å². The molecule has 1 aliphatic heterocycles. The van der Waals surface area contributed by atoms with Crippen LogP contribution in [0.5, 0.6) is 0 Å². The molecule has 0 bridgehead atoms. The van der Waals surface area contributed by atoms with Crippen LogP contribution < -0.4 is 16.4 Å². The number of amides is 3. The molecule has 0 spiro atoms. The third kappa shape index (κ3) is 6.92. The van der Waals surface area contributed by atoms with Crippen LogP contribution in [0.1, 0.15) is 27.2 Å². The first-order valence-electron chi connectivity index (χ1n) is 7.07. The number of nitrogens with one attached hydrogen (secondary N) is 2. The number of alkyl halides is 3. The number of nitrogens with two attached hydrogens (primary N) is 1. The number of piperidine rings is 1. The Bertz CT molecular complexity index is 432. The summed E-state index contributed by atoms with van der Waals surface area (Å²) < 4.78 is 35.9. The van der Waals surface area contributed by atoms with E-state index in [9.17, 15) is 22.8 Å². The topological polar surface area (TPSA) is 87.5 Å². The Morgan fingerprint density at radius 2 is 1.96 bits per heavy atom. The van der Waals surface area contributed by atoms with Gasteiger partial charge in [-0.2, -0.15) is 13.2 Å². The third-order valence-corrected chi connectivity index (χ3v) is 3.95. The molecule has 23 heavy (non-hydrogen) atoms. The fourth-order valence-corrected chi connectivity index (χ4v) is 2.35. The second-order valence-corrected chi connectivity index (χ2v) is 6.32. The van der Waals surface area contributed by atoms with Crippen LogP contribution >= 0.6 is 12.4 Å². The van der Waals surface area contributed by atoms with Crippen LogP contribution in [0, 0.1) is 5.41 Å². The van der Waals surface area contributed by atoms with E-state index in [0.29, 0.717) is 19.5 Å². The molecule has 1 fully saturated rings. The standard InChI is InChI=1S/C13H23F3N4O2.ClH/c1-8(20-5-4-9(17)12(2,3)7-20)10(21)19-11(22)18-6-13(14,15)16;/h8-9H,4-7,17H2,1-3H3,(H2,18,19,21,22);1H. The van der Waals surface area contributed by atoms with E-state index in [1.807, 2.05) is 24.1 Å². The average molecular weight is 361 g/mol. The number of halogens is 4. The Morgan fingerprint density at radius 3 is 2.43 bits per heavy atom. The molecule has 2 atom stereocenters. The van der Waals surface area contributed by atoms with Gasteiger partial charge >= 0.3 is 12.2 Å². The van der Waals surface area contributed by atoms with Crippen molar-refractivity contribution in [1.29, 1.82) is 0 Å². The summed E-state index contributed by atoms with van der Waals surface area (Å²) in [5, 5.41) is 3.53. The number of hydrogen-bond acceptors (Lipinski definition) is 4. The lowest BCUT2D eigenvalue weighted by molar-refractivity contribution is -0.127. The molecule has 10 heteroatoms. The lowest BCUT2D eigenvalue weighted by Gasteiger charge is -2.44. The molecule has 0 radical (unpaired) electrons. The fraction of sp³-hybridized carbons (Fsp3) is 0.846. The molecular weight excluding hydrogens is 337 g/mol. The van der Waals surface area contributed by atoms with E-state index in [-0.39, 0.29) is 23.9 Å². The number of urea groups is 1. The molecule has 0 aromatic rings. The summed E-state index contributed by atoms with van der Waals surface area (Å²) in [5.74, 6) is -0.633. The van der Waals surface area contributed by atoms with E-state index in [2.05, 4.69) is 0 Å². The van der Waals surface area contributed by atoms with Gasteiger partial charge in [-0.15, -0.1) is 12.4 Å². The summed E-state index contributed by atoms with van der Waals surface area (Å²) >= 11 is 0. The normalized spacial score (nSPS) is 22.7. The van der Waals surface area contributed by atoms with E-state index in [1.165, 1.54) is 0 Å². The zero-order valence-corrected chi connectivity index (χ0v) is 14.2. The number of rotatable bonds is 3. The first-order valence-corrected chi connectivity index (χ1v) is 7.07. The molecule has 6 nitrogen and oxygen atoms in total. The maximum Gasteiger partial charge on any atom is 0.405 e. The molecule has 3 amide bonds. The Hall–Kier alpha value is -1.06. The van der Waals surface area contributed by atoms with Crippen molar-refractivity contribution in [3.8, 4) is 0 Å². The van der Waals surface area contributed by atoms with Gasteiger partial charge in [-0.25, -0.2) is 4.79 Å². The lowest BCUT2D eigenvalue weighted by Crippen LogP contribution is -2.58. The molecule has 1 saturated heterocycles. The van der Waals surface area contributed by atoms with Gasteiger partial charge in [0.05, 0.1) is 6.04 Å². The highest BCUT2D eigenvalue weighted by molar-refractivity contribution is 5.96. The van der Waals surface area contributed by atoms with Gasteiger partial charge in [-0.3, -0.25) is 15.0 Å². The van der Waals surface area contributed by atoms with Gasteiger partial charge in [0.15, 0.2) is 0 Å². The second kappa shape index (κ2) is 8.16. The third-order valence-electron chi connectivity index (χ3n) is 3.95. The SMILES string of the molecule is CC(C(=O)NC(=O)NCC(F)(F)F)N1CCC(N)C(C)(C)C1.Cl. The van der Waals surface area contributed by atoms with Crippen LogP contribution in [0.4, 0.5) is 18.0 Å². The predicted molar refractivity (Wildman–Crippen MR) is 82.3 cm³/mol. The number of carbonyl (C=O) groups excluding carboxylic acids is 2. The van der Waals surface area contributed by atoms with Crippen molar-refractivity contribution in [2.45, 2.75) is 45.5 Å². The highest BCUT2D eigenvalue weighted by Gasteiger charge is 2.37. The molecule has 136 valence electrons. The van der Waals surface area contributed by atoms with Crippen LogP contribution in [-0.4, -0.2) is 54.7 Å². The molecule has 1 rings (SSSR count). The van der Waals surface area contributed by atoms with Crippen molar-refractivity contribution in [3.05, 3.63) is 0 Å².